The van der Waals surface area contributed by atoms with Crippen LogP contribution in [0.4, 0.5) is 0 Å². The highest BCUT2D eigenvalue weighted by Gasteiger charge is 2.17. The van der Waals surface area contributed by atoms with Gasteiger partial charge in [-0.25, -0.2) is 0 Å². The Bertz CT molecular complexity index is 535. The molecule has 0 aliphatic heterocycles. The number of rotatable bonds is 3. The van der Waals surface area contributed by atoms with E-state index in [1.54, 1.807) is 10.4 Å². The van der Waals surface area contributed by atoms with Crippen molar-refractivity contribution in [2.45, 2.75) is 36.9 Å². The van der Waals surface area contributed by atoms with Crippen molar-refractivity contribution in [1.29, 1.82) is 0 Å². The largest absolute Gasteiger partial charge is 0.144 e. The minimum atomic E-state index is 0.421. The van der Waals surface area contributed by atoms with E-state index < -0.39 is 0 Å². The number of aryl methyl sites for hydroxylation is 2. The third kappa shape index (κ3) is 3.24. The van der Waals surface area contributed by atoms with Crippen LogP contribution in [0.15, 0.2) is 30.3 Å². The molecule has 0 spiro atoms. The molecule has 1 aromatic carbocycles. The highest BCUT2D eigenvalue weighted by molar-refractivity contribution is 9.09. The molecule has 0 radical (unpaired) electrons. The minimum absolute atomic E-state index is 0.421. The van der Waals surface area contributed by atoms with E-state index in [-0.39, 0.29) is 0 Å². The molecule has 3 heteroatoms. The zero-order valence-electron chi connectivity index (χ0n) is 10.7. The second-order valence-electron chi connectivity index (χ2n) is 5.10. The van der Waals surface area contributed by atoms with Crippen LogP contribution in [0, 0.1) is 0 Å². The maximum Gasteiger partial charge on any atom is 0.0529 e. The highest BCUT2D eigenvalue weighted by atomic mass is 79.9. The van der Waals surface area contributed by atoms with E-state index in [0.29, 0.717) is 4.83 Å². The Morgan fingerprint density at radius 2 is 1.89 bits per heavy atom. The lowest BCUT2D eigenvalue weighted by Crippen LogP contribution is -1.96. The lowest BCUT2D eigenvalue weighted by atomic mass is 9.99. The third-order valence-corrected chi connectivity index (χ3v) is 6.38. The summed E-state index contributed by atoms with van der Waals surface area (Å²) in [7, 11) is 0. The number of hydrogen-bond acceptors (Lipinski definition) is 1. The monoisotopic (exact) mass is 354 g/mol. The third-order valence-electron chi connectivity index (χ3n) is 3.65. The molecule has 100 valence electrons. The molecule has 1 aliphatic carbocycles. The van der Waals surface area contributed by atoms with Gasteiger partial charge >= 0.3 is 0 Å². The molecule has 2 aromatic rings. The molecular formula is C16H16BrClS. The van der Waals surface area contributed by atoms with Crippen molar-refractivity contribution in [2.24, 2.45) is 0 Å². The van der Waals surface area contributed by atoms with E-state index in [0.717, 1.165) is 11.4 Å². The quantitative estimate of drug-likeness (QED) is 0.596. The van der Waals surface area contributed by atoms with Crippen LogP contribution in [0.2, 0.25) is 5.02 Å². The van der Waals surface area contributed by atoms with E-state index in [4.69, 9.17) is 11.6 Å². The van der Waals surface area contributed by atoms with Crippen molar-refractivity contribution in [3.05, 3.63) is 56.2 Å². The van der Waals surface area contributed by atoms with E-state index in [9.17, 15) is 0 Å². The number of hydrogen-bond donors (Lipinski definition) is 0. The number of benzene rings is 1. The number of thiophene rings is 1. The maximum absolute atomic E-state index is 5.92. The first-order valence-corrected chi connectivity index (χ1v) is 8.83. The molecule has 0 nitrogen and oxygen atoms in total. The molecule has 0 saturated heterocycles. The summed E-state index contributed by atoms with van der Waals surface area (Å²) in [6, 6.07) is 10.6. The van der Waals surface area contributed by atoms with Crippen LogP contribution in [0.5, 0.6) is 0 Å². The van der Waals surface area contributed by atoms with Gasteiger partial charge in [0.15, 0.2) is 0 Å². The number of halogens is 2. The second kappa shape index (κ2) is 5.99. The Labute approximate surface area is 131 Å². The first-order valence-electron chi connectivity index (χ1n) is 6.72. The van der Waals surface area contributed by atoms with Crippen LogP contribution in [0.1, 0.15) is 38.6 Å². The van der Waals surface area contributed by atoms with Gasteiger partial charge in [-0.3, -0.25) is 0 Å². The van der Waals surface area contributed by atoms with Gasteiger partial charge in [0.05, 0.1) is 4.83 Å². The first-order chi connectivity index (χ1) is 9.22. The molecule has 1 aromatic heterocycles. The smallest absolute Gasteiger partial charge is 0.0529 e. The van der Waals surface area contributed by atoms with Crippen LogP contribution in [-0.2, 0) is 19.3 Å². The second-order valence-corrected chi connectivity index (χ2v) is 7.81. The van der Waals surface area contributed by atoms with Crippen molar-refractivity contribution in [1.82, 2.24) is 0 Å². The topological polar surface area (TPSA) is 0 Å². The molecule has 1 aliphatic rings. The summed E-state index contributed by atoms with van der Waals surface area (Å²) in [5.41, 5.74) is 2.92. The van der Waals surface area contributed by atoms with Crippen LogP contribution in [-0.4, -0.2) is 0 Å². The van der Waals surface area contributed by atoms with Gasteiger partial charge in [-0.15, -0.1) is 11.3 Å². The van der Waals surface area contributed by atoms with Gasteiger partial charge in [0.1, 0.15) is 0 Å². The summed E-state index contributed by atoms with van der Waals surface area (Å²) in [4.78, 5) is 3.51. The molecule has 0 saturated carbocycles. The standard InChI is InChI=1S/C16H16BrClS/c17-14(9-11-5-7-13(18)8-6-11)16-10-12-3-1-2-4-15(12)19-16/h5-8,10,14H,1-4,9H2. The number of fused-ring (bicyclic) bond motifs is 1. The fraction of sp³-hybridized carbons (Fsp3) is 0.375. The fourth-order valence-electron chi connectivity index (χ4n) is 2.60. The van der Waals surface area contributed by atoms with E-state index in [1.807, 2.05) is 23.5 Å². The van der Waals surface area contributed by atoms with Crippen molar-refractivity contribution in [3.8, 4) is 0 Å². The zero-order chi connectivity index (χ0) is 13.2. The van der Waals surface area contributed by atoms with Gasteiger partial charge in [-0.1, -0.05) is 39.7 Å². The molecule has 0 bridgehead atoms. The summed E-state index contributed by atoms with van der Waals surface area (Å²) in [5.74, 6) is 0. The first kappa shape index (κ1) is 13.7. The normalized spacial score (nSPS) is 16.1. The Kier molecular flexibility index (Phi) is 4.30. The Morgan fingerprint density at radius 3 is 2.63 bits per heavy atom. The van der Waals surface area contributed by atoms with Gasteiger partial charge in [0.2, 0.25) is 0 Å². The van der Waals surface area contributed by atoms with Gasteiger partial charge in [0.25, 0.3) is 0 Å². The Morgan fingerprint density at radius 1 is 1.16 bits per heavy atom. The van der Waals surface area contributed by atoms with E-state index in [1.165, 1.54) is 36.1 Å². The summed E-state index contributed by atoms with van der Waals surface area (Å²) in [5, 5.41) is 0.807. The van der Waals surface area contributed by atoms with Crippen molar-refractivity contribution < 1.29 is 0 Å². The summed E-state index contributed by atoms with van der Waals surface area (Å²) < 4.78 is 0. The van der Waals surface area contributed by atoms with Gasteiger partial charge in [-0.05, 0) is 61.4 Å². The Hall–Kier alpha value is -0.310. The van der Waals surface area contributed by atoms with Gasteiger partial charge < -0.3 is 0 Å². The molecule has 0 fully saturated rings. The molecule has 3 rings (SSSR count). The van der Waals surface area contributed by atoms with Crippen LogP contribution < -0.4 is 0 Å². The molecular weight excluding hydrogens is 340 g/mol. The summed E-state index contributed by atoms with van der Waals surface area (Å²) in [6.45, 7) is 0. The Balaban J connectivity index is 1.74. The minimum Gasteiger partial charge on any atom is -0.144 e. The number of alkyl halides is 1. The molecule has 1 unspecified atom stereocenters. The van der Waals surface area contributed by atoms with Crippen molar-refractivity contribution in [3.63, 3.8) is 0 Å². The van der Waals surface area contributed by atoms with Gasteiger partial charge in [-0.2, -0.15) is 0 Å². The fourth-order valence-corrected chi connectivity index (χ4v) is 4.74. The van der Waals surface area contributed by atoms with E-state index in [2.05, 4.69) is 34.1 Å². The summed E-state index contributed by atoms with van der Waals surface area (Å²) >= 11 is 11.8. The molecule has 1 heterocycles. The molecule has 0 amide bonds. The molecule has 19 heavy (non-hydrogen) atoms. The highest BCUT2D eigenvalue weighted by Crippen LogP contribution is 2.37. The average Bonchev–Trinajstić information content (AvgIpc) is 2.85. The van der Waals surface area contributed by atoms with Crippen LogP contribution >= 0.6 is 38.9 Å². The van der Waals surface area contributed by atoms with Crippen LogP contribution in [0.3, 0.4) is 0 Å². The van der Waals surface area contributed by atoms with Crippen molar-refractivity contribution in [2.75, 3.05) is 0 Å². The lowest BCUT2D eigenvalue weighted by Gasteiger charge is -2.08. The molecule has 0 N–H and O–H groups in total. The summed E-state index contributed by atoms with van der Waals surface area (Å²) in [6.07, 6.45) is 6.29. The van der Waals surface area contributed by atoms with E-state index >= 15 is 0 Å². The lowest BCUT2D eigenvalue weighted by molar-refractivity contribution is 0.697. The predicted molar refractivity (Wildman–Crippen MR) is 87.8 cm³/mol. The van der Waals surface area contributed by atoms with Crippen LogP contribution in [0.25, 0.3) is 0 Å². The zero-order valence-corrected chi connectivity index (χ0v) is 13.8. The maximum atomic E-state index is 5.92. The SMILES string of the molecule is Clc1ccc(CC(Br)c2cc3c(s2)CCCC3)cc1. The van der Waals surface area contributed by atoms with Crippen molar-refractivity contribution >= 4 is 38.9 Å². The average molecular weight is 356 g/mol. The van der Waals surface area contributed by atoms with Gasteiger partial charge in [0, 0.05) is 14.8 Å². The molecule has 1 atom stereocenters. The predicted octanol–water partition coefficient (Wildman–Crippen LogP) is 5.96.